The van der Waals surface area contributed by atoms with Crippen LogP contribution in [0.1, 0.15) is 39.0 Å². The summed E-state index contributed by atoms with van der Waals surface area (Å²) in [7, 11) is 1.64. The molecule has 0 atom stereocenters. The fourth-order valence-electron chi connectivity index (χ4n) is 3.05. The van der Waals surface area contributed by atoms with Crippen molar-refractivity contribution in [1.82, 2.24) is 10.1 Å². The lowest BCUT2D eigenvalue weighted by Crippen LogP contribution is -2.22. The number of hydrogen-bond donors (Lipinski definition) is 2. The highest BCUT2D eigenvalue weighted by Gasteiger charge is 2.08. The Morgan fingerprint density at radius 2 is 1.75 bits per heavy atom. The number of guanidine groups is 1. The van der Waals surface area contributed by atoms with Gasteiger partial charge in [-0.2, -0.15) is 4.98 Å². The largest absolute Gasteiger partial charge is 0.497 e. The summed E-state index contributed by atoms with van der Waals surface area (Å²) in [6, 6.07) is 15.2. The van der Waals surface area contributed by atoms with Gasteiger partial charge in [0.05, 0.1) is 13.2 Å². The molecule has 0 spiro atoms. The normalized spacial score (nSPS) is 11.6. The van der Waals surface area contributed by atoms with Crippen molar-refractivity contribution in [2.75, 3.05) is 19.0 Å². The SMILES string of the molecule is COc1ccc(-c2noc(CCCCCN=C(N)Nc3ccc(OC(C)C)cc3)n2)cc1. The molecule has 0 aliphatic rings. The predicted molar refractivity (Wildman–Crippen MR) is 126 cm³/mol. The second-order valence-corrected chi connectivity index (χ2v) is 7.63. The van der Waals surface area contributed by atoms with E-state index in [2.05, 4.69) is 20.4 Å². The fourth-order valence-corrected chi connectivity index (χ4v) is 3.05. The monoisotopic (exact) mass is 437 g/mol. The van der Waals surface area contributed by atoms with Gasteiger partial charge in [0.15, 0.2) is 5.96 Å². The minimum Gasteiger partial charge on any atom is -0.497 e. The topological polar surface area (TPSA) is 108 Å². The molecule has 1 heterocycles. The Balaban J connectivity index is 1.34. The van der Waals surface area contributed by atoms with Gasteiger partial charge in [0.2, 0.25) is 11.7 Å². The van der Waals surface area contributed by atoms with E-state index in [1.165, 1.54) is 0 Å². The molecule has 8 nitrogen and oxygen atoms in total. The number of benzene rings is 2. The molecular weight excluding hydrogens is 406 g/mol. The zero-order chi connectivity index (χ0) is 22.8. The highest BCUT2D eigenvalue weighted by Crippen LogP contribution is 2.20. The lowest BCUT2D eigenvalue weighted by molar-refractivity contribution is 0.242. The Morgan fingerprint density at radius 3 is 2.44 bits per heavy atom. The molecule has 2 aromatic carbocycles. The number of methoxy groups -OCH3 is 1. The van der Waals surface area contributed by atoms with Crippen LogP contribution in [0.3, 0.4) is 0 Å². The molecule has 3 N–H and O–H groups in total. The first-order valence-corrected chi connectivity index (χ1v) is 10.8. The molecule has 0 saturated carbocycles. The molecule has 32 heavy (non-hydrogen) atoms. The summed E-state index contributed by atoms with van der Waals surface area (Å²) in [5, 5.41) is 7.15. The minimum absolute atomic E-state index is 0.149. The van der Waals surface area contributed by atoms with E-state index in [1.807, 2.05) is 62.4 Å². The summed E-state index contributed by atoms with van der Waals surface area (Å²) >= 11 is 0. The number of nitrogens with two attached hydrogens (primary N) is 1. The van der Waals surface area contributed by atoms with Gasteiger partial charge in [-0.1, -0.05) is 11.6 Å². The van der Waals surface area contributed by atoms with Crippen molar-refractivity contribution in [1.29, 1.82) is 0 Å². The van der Waals surface area contributed by atoms with Gasteiger partial charge in [-0.15, -0.1) is 0 Å². The summed E-state index contributed by atoms with van der Waals surface area (Å²) in [6.07, 6.45) is 3.77. The Morgan fingerprint density at radius 1 is 1.03 bits per heavy atom. The molecule has 0 saturated heterocycles. The summed E-state index contributed by atoms with van der Waals surface area (Å²) in [6.45, 7) is 4.66. The van der Waals surface area contributed by atoms with Gasteiger partial charge >= 0.3 is 0 Å². The number of aliphatic imine (C=N–C) groups is 1. The second-order valence-electron chi connectivity index (χ2n) is 7.63. The van der Waals surface area contributed by atoms with Crippen LogP contribution in [-0.4, -0.2) is 35.9 Å². The van der Waals surface area contributed by atoms with Crippen LogP contribution in [0.15, 0.2) is 58.0 Å². The van der Waals surface area contributed by atoms with Crippen LogP contribution in [0.25, 0.3) is 11.4 Å². The number of hydrogen-bond acceptors (Lipinski definition) is 6. The van der Waals surface area contributed by atoms with E-state index >= 15 is 0 Å². The number of aromatic nitrogens is 2. The van der Waals surface area contributed by atoms with Crippen LogP contribution in [0.2, 0.25) is 0 Å². The summed E-state index contributed by atoms with van der Waals surface area (Å²) in [4.78, 5) is 8.85. The van der Waals surface area contributed by atoms with E-state index in [-0.39, 0.29) is 6.10 Å². The molecule has 0 aliphatic carbocycles. The van der Waals surface area contributed by atoms with Crippen LogP contribution in [0, 0.1) is 0 Å². The van der Waals surface area contributed by atoms with Crippen molar-refractivity contribution in [2.24, 2.45) is 10.7 Å². The summed E-state index contributed by atoms with van der Waals surface area (Å²) in [5.41, 5.74) is 7.76. The van der Waals surface area contributed by atoms with Gasteiger partial charge in [0, 0.05) is 24.2 Å². The number of nitrogens with zero attached hydrogens (tertiary/aromatic N) is 3. The summed E-state index contributed by atoms with van der Waals surface area (Å²) < 4.78 is 16.2. The predicted octanol–water partition coefficient (Wildman–Crippen LogP) is 4.67. The molecule has 0 radical (unpaired) electrons. The quantitative estimate of drug-likeness (QED) is 0.255. The standard InChI is InChI=1S/C24H31N5O3/c1-17(2)31-21-14-10-19(11-15-21)27-24(25)26-16-6-4-5-7-22-28-23(29-32-22)18-8-12-20(30-3)13-9-18/h8-15,17H,4-7,16H2,1-3H3,(H3,25,26,27). The van der Waals surface area contributed by atoms with Crippen molar-refractivity contribution in [2.45, 2.75) is 45.6 Å². The van der Waals surface area contributed by atoms with E-state index in [9.17, 15) is 0 Å². The smallest absolute Gasteiger partial charge is 0.226 e. The molecule has 0 aliphatic heterocycles. The first-order valence-electron chi connectivity index (χ1n) is 10.8. The van der Waals surface area contributed by atoms with Crippen LogP contribution in [0.5, 0.6) is 11.5 Å². The van der Waals surface area contributed by atoms with Gasteiger partial charge in [0.25, 0.3) is 0 Å². The maximum atomic E-state index is 5.97. The average Bonchev–Trinajstić information content (AvgIpc) is 3.26. The van der Waals surface area contributed by atoms with Gasteiger partial charge in [0.1, 0.15) is 11.5 Å². The van der Waals surface area contributed by atoms with Crippen molar-refractivity contribution in [3.05, 3.63) is 54.4 Å². The third-order valence-electron chi connectivity index (χ3n) is 4.65. The maximum Gasteiger partial charge on any atom is 0.226 e. The van der Waals surface area contributed by atoms with Gasteiger partial charge < -0.3 is 25.0 Å². The lowest BCUT2D eigenvalue weighted by Gasteiger charge is -2.10. The Hall–Kier alpha value is -3.55. The van der Waals surface area contributed by atoms with E-state index < -0.39 is 0 Å². The zero-order valence-electron chi connectivity index (χ0n) is 18.9. The van der Waals surface area contributed by atoms with Crippen molar-refractivity contribution >= 4 is 11.6 Å². The molecule has 3 rings (SSSR count). The third-order valence-corrected chi connectivity index (χ3v) is 4.65. The third kappa shape index (κ3) is 7.30. The zero-order valence-corrected chi connectivity index (χ0v) is 18.9. The highest BCUT2D eigenvalue weighted by molar-refractivity contribution is 5.92. The molecule has 1 aromatic heterocycles. The molecule has 170 valence electrons. The number of nitrogens with one attached hydrogen (secondary N) is 1. The first kappa shape index (κ1) is 23.1. The molecule has 8 heteroatoms. The molecule has 0 bridgehead atoms. The Kier molecular flexibility index (Phi) is 8.48. The van der Waals surface area contributed by atoms with E-state index in [0.29, 0.717) is 24.2 Å². The van der Waals surface area contributed by atoms with Crippen LogP contribution in [-0.2, 0) is 6.42 Å². The van der Waals surface area contributed by atoms with Crippen LogP contribution < -0.4 is 20.5 Å². The van der Waals surface area contributed by atoms with Gasteiger partial charge in [-0.25, -0.2) is 0 Å². The molecule has 0 fully saturated rings. The van der Waals surface area contributed by atoms with Gasteiger partial charge in [-0.05, 0) is 75.2 Å². The molecule has 3 aromatic rings. The Labute approximate surface area is 188 Å². The molecule has 0 amide bonds. The number of aryl methyl sites for hydroxylation is 1. The molecule has 0 unspecified atom stereocenters. The average molecular weight is 438 g/mol. The fraction of sp³-hybridized carbons (Fsp3) is 0.375. The van der Waals surface area contributed by atoms with Crippen LogP contribution in [0.4, 0.5) is 5.69 Å². The lowest BCUT2D eigenvalue weighted by atomic mass is 10.2. The molecular formula is C24H31N5O3. The van der Waals surface area contributed by atoms with Crippen molar-refractivity contribution in [3.8, 4) is 22.9 Å². The first-order chi connectivity index (χ1) is 15.5. The van der Waals surface area contributed by atoms with Crippen molar-refractivity contribution < 1.29 is 14.0 Å². The maximum absolute atomic E-state index is 5.97. The second kappa shape index (κ2) is 11.7. The number of ether oxygens (including phenoxy) is 2. The van der Waals surface area contributed by atoms with E-state index in [0.717, 1.165) is 48.4 Å². The minimum atomic E-state index is 0.149. The van der Waals surface area contributed by atoms with Crippen LogP contribution >= 0.6 is 0 Å². The van der Waals surface area contributed by atoms with E-state index in [4.69, 9.17) is 19.7 Å². The Bertz CT molecular complexity index is 982. The number of rotatable bonds is 11. The number of unbranched alkanes of at least 4 members (excludes halogenated alkanes) is 2. The van der Waals surface area contributed by atoms with Crippen molar-refractivity contribution in [3.63, 3.8) is 0 Å². The summed E-state index contributed by atoms with van der Waals surface area (Å²) in [5.74, 6) is 3.27. The van der Waals surface area contributed by atoms with Gasteiger partial charge in [-0.3, -0.25) is 4.99 Å². The number of anilines is 1. The van der Waals surface area contributed by atoms with E-state index in [1.54, 1.807) is 7.11 Å². The highest BCUT2D eigenvalue weighted by atomic mass is 16.5.